The summed E-state index contributed by atoms with van der Waals surface area (Å²) in [5.74, 6) is -0.216. The summed E-state index contributed by atoms with van der Waals surface area (Å²) in [5.41, 5.74) is 4.44. The normalized spacial score (nSPS) is 16.1. The van der Waals surface area contributed by atoms with Crippen LogP contribution in [0.3, 0.4) is 0 Å². The van der Waals surface area contributed by atoms with Gasteiger partial charge >= 0.3 is 0 Å². The van der Waals surface area contributed by atoms with E-state index in [1.807, 2.05) is 54.7 Å². The number of amidine groups is 1. The van der Waals surface area contributed by atoms with Gasteiger partial charge in [0.15, 0.2) is 5.17 Å². The van der Waals surface area contributed by atoms with E-state index in [0.29, 0.717) is 25.8 Å². The van der Waals surface area contributed by atoms with Gasteiger partial charge in [0.2, 0.25) is 0 Å². The molecule has 0 saturated carbocycles. The number of hydrogen-bond acceptors (Lipinski definition) is 4. The summed E-state index contributed by atoms with van der Waals surface area (Å²) in [4.78, 5) is 22.0. The summed E-state index contributed by atoms with van der Waals surface area (Å²) in [6, 6.07) is 23.3. The van der Waals surface area contributed by atoms with Crippen LogP contribution >= 0.6 is 35.0 Å². The minimum absolute atomic E-state index is 0.216. The third-order valence-corrected chi connectivity index (χ3v) is 6.47. The van der Waals surface area contributed by atoms with E-state index < -0.39 is 0 Å². The highest BCUT2D eigenvalue weighted by atomic mass is 35.5. The van der Waals surface area contributed by atoms with E-state index in [1.165, 1.54) is 11.8 Å². The molecule has 7 heteroatoms. The van der Waals surface area contributed by atoms with Crippen molar-refractivity contribution in [2.45, 2.75) is 0 Å². The fourth-order valence-electron chi connectivity index (χ4n) is 3.45. The average Bonchev–Trinajstić information content (AvgIpc) is 3.15. The number of fused-ring (bicyclic) bond motifs is 1. The minimum Gasteiger partial charge on any atom is -0.300 e. The van der Waals surface area contributed by atoms with E-state index >= 15 is 0 Å². The van der Waals surface area contributed by atoms with Crippen molar-refractivity contribution in [3.05, 3.63) is 99.5 Å². The van der Waals surface area contributed by atoms with Crippen LogP contribution in [0.1, 0.15) is 5.56 Å². The predicted octanol–water partition coefficient (Wildman–Crippen LogP) is 7.10. The number of rotatable bonds is 3. The number of nitrogens with zero attached hydrogens (tertiary/aromatic N) is 2. The van der Waals surface area contributed by atoms with Gasteiger partial charge in [-0.25, -0.2) is 4.99 Å². The largest absolute Gasteiger partial charge is 0.300 e. The molecule has 1 aromatic heterocycles. The van der Waals surface area contributed by atoms with Crippen LogP contribution in [0.5, 0.6) is 0 Å². The first kappa shape index (κ1) is 20.8. The highest BCUT2D eigenvalue weighted by molar-refractivity contribution is 8.18. The van der Waals surface area contributed by atoms with Gasteiger partial charge < -0.3 is 5.32 Å². The maximum absolute atomic E-state index is 12.5. The smallest absolute Gasteiger partial charge is 0.264 e. The first-order valence-corrected chi connectivity index (χ1v) is 11.3. The lowest BCUT2D eigenvalue weighted by atomic mass is 10.00. The molecule has 32 heavy (non-hydrogen) atoms. The molecule has 1 aliphatic heterocycles. The summed E-state index contributed by atoms with van der Waals surface area (Å²) in [5, 5.41) is 5.08. The molecule has 3 aromatic carbocycles. The molecule has 1 saturated heterocycles. The maximum Gasteiger partial charge on any atom is 0.264 e. The molecule has 0 aliphatic carbocycles. The Kier molecular flexibility index (Phi) is 5.70. The molecule has 4 aromatic rings. The number of carbonyl (C=O) groups is 1. The number of nitrogens with one attached hydrogen (secondary N) is 1. The summed E-state index contributed by atoms with van der Waals surface area (Å²) in [6.07, 6.45) is 3.66. The van der Waals surface area contributed by atoms with Gasteiger partial charge in [0, 0.05) is 11.6 Å². The van der Waals surface area contributed by atoms with Crippen molar-refractivity contribution in [1.29, 1.82) is 0 Å². The first-order chi connectivity index (χ1) is 15.6. The number of amides is 1. The van der Waals surface area contributed by atoms with Gasteiger partial charge in [-0.2, -0.15) is 0 Å². The topological polar surface area (TPSA) is 54.4 Å². The van der Waals surface area contributed by atoms with Crippen molar-refractivity contribution in [2.24, 2.45) is 4.99 Å². The quantitative estimate of drug-likeness (QED) is 0.321. The molecule has 1 aliphatic rings. The number of pyridine rings is 1. The molecule has 2 heterocycles. The van der Waals surface area contributed by atoms with Crippen LogP contribution in [0.2, 0.25) is 10.0 Å². The Bertz CT molecular complexity index is 1400. The molecule has 156 valence electrons. The van der Waals surface area contributed by atoms with Gasteiger partial charge in [0.25, 0.3) is 5.91 Å². The Balaban J connectivity index is 1.50. The number of benzene rings is 3. The Morgan fingerprint density at radius 3 is 2.50 bits per heavy atom. The lowest BCUT2D eigenvalue weighted by molar-refractivity contribution is -0.115. The molecular weight excluding hydrogens is 461 g/mol. The second-order valence-corrected chi connectivity index (χ2v) is 8.90. The molecule has 1 N–H and O–H groups in total. The van der Waals surface area contributed by atoms with Crippen molar-refractivity contribution in [3.63, 3.8) is 0 Å². The predicted molar refractivity (Wildman–Crippen MR) is 134 cm³/mol. The number of aromatic nitrogens is 1. The van der Waals surface area contributed by atoms with E-state index in [2.05, 4.69) is 27.4 Å². The zero-order valence-electron chi connectivity index (χ0n) is 16.5. The molecular formula is C25H15Cl2N3OS. The standard InChI is InChI=1S/C25H15Cl2N3OS/c26-19-7-4-8-20(27)23(19)29-25-30-24(31)22(32-25)14-15-9-10-21-18(13-15)17(11-12-28-21)16-5-2-1-3-6-16/h1-14H,(H,29,30,31). The molecule has 1 amide bonds. The second kappa shape index (κ2) is 8.79. The molecule has 1 fully saturated rings. The second-order valence-electron chi connectivity index (χ2n) is 7.05. The third kappa shape index (κ3) is 4.15. The zero-order valence-corrected chi connectivity index (χ0v) is 18.9. The molecule has 5 rings (SSSR count). The third-order valence-electron chi connectivity index (χ3n) is 4.95. The van der Waals surface area contributed by atoms with Gasteiger partial charge in [-0.1, -0.05) is 65.7 Å². The lowest BCUT2D eigenvalue weighted by Gasteiger charge is -2.07. The van der Waals surface area contributed by atoms with Gasteiger partial charge in [-0.3, -0.25) is 9.78 Å². The number of para-hydroxylation sites is 1. The Morgan fingerprint density at radius 2 is 1.72 bits per heavy atom. The van der Waals surface area contributed by atoms with Gasteiger partial charge in [-0.15, -0.1) is 0 Å². The molecule has 0 radical (unpaired) electrons. The van der Waals surface area contributed by atoms with Crippen molar-refractivity contribution in [2.75, 3.05) is 0 Å². The zero-order chi connectivity index (χ0) is 22.1. The summed E-state index contributed by atoms with van der Waals surface area (Å²) >= 11 is 13.6. The van der Waals surface area contributed by atoms with Crippen LogP contribution < -0.4 is 5.32 Å². The fraction of sp³-hybridized carbons (Fsp3) is 0. The fourth-order valence-corrected chi connectivity index (χ4v) is 4.76. The molecule has 4 nitrogen and oxygen atoms in total. The van der Waals surface area contributed by atoms with E-state index in [9.17, 15) is 4.79 Å². The van der Waals surface area contributed by atoms with Crippen LogP contribution in [0, 0.1) is 0 Å². The Hall–Kier alpha value is -3.12. The van der Waals surface area contributed by atoms with E-state index in [-0.39, 0.29) is 5.91 Å². The first-order valence-electron chi connectivity index (χ1n) is 9.76. The number of aliphatic imine (C=N–C) groups is 1. The van der Waals surface area contributed by atoms with Crippen LogP contribution in [-0.2, 0) is 4.79 Å². The molecule has 0 atom stereocenters. The molecule has 0 bridgehead atoms. The Morgan fingerprint density at radius 1 is 0.938 bits per heavy atom. The van der Waals surface area contributed by atoms with Crippen molar-refractivity contribution in [1.82, 2.24) is 10.3 Å². The monoisotopic (exact) mass is 475 g/mol. The highest BCUT2D eigenvalue weighted by Gasteiger charge is 2.24. The van der Waals surface area contributed by atoms with Crippen LogP contribution in [0.4, 0.5) is 5.69 Å². The van der Waals surface area contributed by atoms with E-state index in [4.69, 9.17) is 23.2 Å². The van der Waals surface area contributed by atoms with Gasteiger partial charge in [0.05, 0.1) is 20.5 Å². The lowest BCUT2D eigenvalue weighted by Crippen LogP contribution is -2.19. The van der Waals surface area contributed by atoms with Crippen molar-refractivity contribution in [3.8, 4) is 11.1 Å². The summed E-state index contributed by atoms with van der Waals surface area (Å²) < 4.78 is 0. The average molecular weight is 476 g/mol. The Labute approximate surface area is 199 Å². The van der Waals surface area contributed by atoms with Crippen molar-refractivity contribution < 1.29 is 4.79 Å². The van der Waals surface area contributed by atoms with Crippen LogP contribution in [0.15, 0.2) is 88.9 Å². The van der Waals surface area contributed by atoms with E-state index in [1.54, 1.807) is 18.2 Å². The molecule has 0 spiro atoms. The van der Waals surface area contributed by atoms with Crippen molar-refractivity contribution >= 4 is 68.7 Å². The highest BCUT2D eigenvalue weighted by Crippen LogP contribution is 2.36. The van der Waals surface area contributed by atoms with Gasteiger partial charge in [-0.05, 0) is 64.9 Å². The number of carbonyl (C=O) groups excluding carboxylic acids is 1. The maximum atomic E-state index is 12.5. The summed E-state index contributed by atoms with van der Waals surface area (Å²) in [7, 11) is 0. The summed E-state index contributed by atoms with van der Waals surface area (Å²) in [6.45, 7) is 0. The minimum atomic E-state index is -0.216. The molecule has 0 unspecified atom stereocenters. The van der Waals surface area contributed by atoms with E-state index in [0.717, 1.165) is 27.6 Å². The van der Waals surface area contributed by atoms with Crippen LogP contribution in [-0.4, -0.2) is 16.1 Å². The number of halogens is 2. The number of hydrogen-bond donors (Lipinski definition) is 1. The SMILES string of the molecule is O=C1NC(=Nc2c(Cl)cccc2Cl)SC1=Cc1ccc2nccc(-c3ccccc3)c2c1. The number of thioether (sulfide) groups is 1. The van der Waals surface area contributed by atoms with Crippen LogP contribution in [0.25, 0.3) is 28.1 Å². The van der Waals surface area contributed by atoms with Gasteiger partial charge in [0.1, 0.15) is 5.69 Å².